The van der Waals surface area contributed by atoms with Crippen LogP contribution in [0.25, 0.3) is 0 Å². The molecule has 0 aromatic heterocycles. The van der Waals surface area contributed by atoms with Gasteiger partial charge < -0.3 is 14.4 Å². The lowest BCUT2D eigenvalue weighted by Gasteiger charge is -2.25. The predicted octanol–water partition coefficient (Wildman–Crippen LogP) is 2.98. The van der Waals surface area contributed by atoms with E-state index in [2.05, 4.69) is 15.9 Å². The molecule has 0 aliphatic carbocycles. The van der Waals surface area contributed by atoms with Gasteiger partial charge in [-0.15, -0.1) is 0 Å². The standard InChI is InChI=1S/C14H19BrClNO3/c1-11(20-13-5-3-4-12(16)10-13)14(18)17(7-6-15)8-9-19-2/h3-5,10-11H,6-9H2,1-2H3. The lowest BCUT2D eigenvalue weighted by atomic mass is 10.3. The second-order valence-electron chi connectivity index (χ2n) is 4.22. The molecular formula is C14H19BrClNO3. The van der Waals surface area contributed by atoms with Crippen molar-refractivity contribution in [3.63, 3.8) is 0 Å². The summed E-state index contributed by atoms with van der Waals surface area (Å²) in [6.07, 6.45) is -0.565. The van der Waals surface area contributed by atoms with Crippen LogP contribution >= 0.6 is 27.5 Å². The number of methoxy groups -OCH3 is 1. The highest BCUT2D eigenvalue weighted by Crippen LogP contribution is 2.18. The fraction of sp³-hybridized carbons (Fsp3) is 0.500. The maximum absolute atomic E-state index is 12.3. The van der Waals surface area contributed by atoms with E-state index in [9.17, 15) is 4.79 Å². The van der Waals surface area contributed by atoms with E-state index in [4.69, 9.17) is 21.1 Å². The summed E-state index contributed by atoms with van der Waals surface area (Å²) in [4.78, 5) is 14.0. The molecule has 1 amide bonds. The maximum atomic E-state index is 12.3. The van der Waals surface area contributed by atoms with Gasteiger partial charge in [-0.05, 0) is 25.1 Å². The van der Waals surface area contributed by atoms with Gasteiger partial charge in [0, 0.05) is 30.6 Å². The second-order valence-corrected chi connectivity index (χ2v) is 5.45. The van der Waals surface area contributed by atoms with E-state index in [-0.39, 0.29) is 5.91 Å². The summed E-state index contributed by atoms with van der Waals surface area (Å²) in [5.74, 6) is 0.519. The minimum atomic E-state index is -0.565. The largest absolute Gasteiger partial charge is 0.481 e. The fourth-order valence-electron chi connectivity index (χ4n) is 1.69. The molecule has 0 spiro atoms. The SMILES string of the molecule is COCCN(CCBr)C(=O)C(C)Oc1cccc(Cl)c1. The van der Waals surface area contributed by atoms with E-state index in [0.717, 1.165) is 0 Å². The summed E-state index contributed by atoms with van der Waals surface area (Å²) in [6, 6.07) is 7.02. The first-order valence-electron chi connectivity index (χ1n) is 6.34. The first-order valence-corrected chi connectivity index (χ1v) is 7.84. The molecule has 1 rings (SSSR count). The molecule has 0 fully saturated rings. The summed E-state index contributed by atoms with van der Waals surface area (Å²) in [5, 5.41) is 1.30. The zero-order chi connectivity index (χ0) is 15.0. The summed E-state index contributed by atoms with van der Waals surface area (Å²) >= 11 is 9.23. The molecule has 0 N–H and O–H groups in total. The molecule has 112 valence electrons. The van der Waals surface area contributed by atoms with Gasteiger partial charge in [0.1, 0.15) is 5.75 Å². The number of carbonyl (C=O) groups is 1. The summed E-state index contributed by atoms with van der Waals surface area (Å²) < 4.78 is 10.6. The van der Waals surface area contributed by atoms with E-state index >= 15 is 0 Å². The van der Waals surface area contributed by atoms with Crippen LogP contribution in [0.4, 0.5) is 0 Å². The highest BCUT2D eigenvalue weighted by atomic mass is 79.9. The number of carbonyl (C=O) groups excluding carboxylic acids is 1. The Morgan fingerprint density at radius 2 is 2.20 bits per heavy atom. The van der Waals surface area contributed by atoms with Gasteiger partial charge in [-0.25, -0.2) is 0 Å². The van der Waals surface area contributed by atoms with Crippen molar-refractivity contribution in [1.82, 2.24) is 4.90 Å². The van der Waals surface area contributed by atoms with Crippen LogP contribution in [-0.2, 0) is 9.53 Å². The Labute approximate surface area is 133 Å². The summed E-state index contributed by atoms with van der Waals surface area (Å²) in [6.45, 7) is 3.40. The third-order valence-electron chi connectivity index (χ3n) is 2.69. The van der Waals surface area contributed by atoms with Gasteiger partial charge in [0.15, 0.2) is 6.10 Å². The summed E-state index contributed by atoms with van der Waals surface area (Å²) in [5.41, 5.74) is 0. The van der Waals surface area contributed by atoms with Crippen molar-refractivity contribution in [3.05, 3.63) is 29.3 Å². The van der Waals surface area contributed by atoms with Gasteiger partial charge in [-0.3, -0.25) is 4.79 Å². The smallest absolute Gasteiger partial charge is 0.263 e. The first-order chi connectivity index (χ1) is 9.58. The minimum Gasteiger partial charge on any atom is -0.481 e. The third-order valence-corrected chi connectivity index (χ3v) is 3.28. The molecule has 1 aromatic rings. The van der Waals surface area contributed by atoms with Gasteiger partial charge in [-0.1, -0.05) is 33.6 Å². The molecule has 1 atom stereocenters. The lowest BCUT2D eigenvalue weighted by molar-refractivity contribution is -0.138. The number of rotatable bonds is 8. The Kier molecular flexibility index (Phi) is 7.95. The van der Waals surface area contributed by atoms with Crippen LogP contribution in [0.5, 0.6) is 5.75 Å². The highest BCUT2D eigenvalue weighted by Gasteiger charge is 2.21. The average molecular weight is 365 g/mol. The van der Waals surface area contributed by atoms with E-state index in [0.29, 0.717) is 35.8 Å². The van der Waals surface area contributed by atoms with Crippen molar-refractivity contribution in [3.8, 4) is 5.75 Å². The van der Waals surface area contributed by atoms with E-state index < -0.39 is 6.10 Å². The monoisotopic (exact) mass is 363 g/mol. The second kappa shape index (κ2) is 9.21. The Balaban J connectivity index is 2.63. The fourth-order valence-corrected chi connectivity index (χ4v) is 2.30. The highest BCUT2D eigenvalue weighted by molar-refractivity contribution is 9.09. The van der Waals surface area contributed by atoms with Crippen molar-refractivity contribution < 1.29 is 14.3 Å². The van der Waals surface area contributed by atoms with Crippen LogP contribution in [0, 0.1) is 0 Å². The maximum Gasteiger partial charge on any atom is 0.263 e. The quantitative estimate of drug-likeness (QED) is 0.666. The van der Waals surface area contributed by atoms with Crippen molar-refractivity contribution in [2.45, 2.75) is 13.0 Å². The third kappa shape index (κ3) is 5.69. The van der Waals surface area contributed by atoms with E-state index in [1.807, 2.05) is 0 Å². The van der Waals surface area contributed by atoms with Crippen LogP contribution in [0.3, 0.4) is 0 Å². The number of alkyl halides is 1. The molecule has 0 aliphatic rings. The Morgan fingerprint density at radius 1 is 1.45 bits per heavy atom. The molecule has 4 nitrogen and oxygen atoms in total. The van der Waals surface area contributed by atoms with E-state index in [1.54, 1.807) is 43.2 Å². The molecule has 0 saturated heterocycles. The average Bonchev–Trinajstić information content (AvgIpc) is 2.42. The number of halogens is 2. The number of hydrogen-bond donors (Lipinski definition) is 0. The van der Waals surface area contributed by atoms with Crippen molar-refractivity contribution in [1.29, 1.82) is 0 Å². The first kappa shape index (κ1) is 17.3. The van der Waals surface area contributed by atoms with Crippen molar-refractivity contribution in [2.75, 3.05) is 32.1 Å². The number of benzene rings is 1. The van der Waals surface area contributed by atoms with Gasteiger partial charge in [0.05, 0.1) is 6.61 Å². The summed E-state index contributed by atoms with van der Waals surface area (Å²) in [7, 11) is 1.61. The van der Waals surface area contributed by atoms with Crippen LogP contribution < -0.4 is 4.74 Å². The van der Waals surface area contributed by atoms with Crippen LogP contribution in [0.1, 0.15) is 6.92 Å². The topological polar surface area (TPSA) is 38.8 Å². The molecule has 1 unspecified atom stereocenters. The lowest BCUT2D eigenvalue weighted by Crippen LogP contribution is -2.43. The number of nitrogens with zero attached hydrogens (tertiary/aromatic N) is 1. The zero-order valence-electron chi connectivity index (χ0n) is 11.6. The number of hydrogen-bond acceptors (Lipinski definition) is 3. The zero-order valence-corrected chi connectivity index (χ0v) is 14.0. The molecule has 0 saturated carbocycles. The van der Waals surface area contributed by atoms with Crippen LogP contribution in [0.15, 0.2) is 24.3 Å². The van der Waals surface area contributed by atoms with Gasteiger partial charge in [0.2, 0.25) is 0 Å². The molecule has 6 heteroatoms. The van der Waals surface area contributed by atoms with Gasteiger partial charge in [-0.2, -0.15) is 0 Å². The van der Waals surface area contributed by atoms with Gasteiger partial charge >= 0.3 is 0 Å². The number of amides is 1. The van der Waals surface area contributed by atoms with Crippen molar-refractivity contribution in [2.24, 2.45) is 0 Å². The number of ether oxygens (including phenoxy) is 2. The molecule has 0 heterocycles. The Bertz CT molecular complexity index is 431. The van der Waals surface area contributed by atoms with Gasteiger partial charge in [0.25, 0.3) is 5.91 Å². The Morgan fingerprint density at radius 3 is 2.80 bits per heavy atom. The minimum absolute atomic E-state index is 0.0681. The Hall–Kier alpha value is -0.780. The molecular weight excluding hydrogens is 346 g/mol. The molecule has 1 aromatic carbocycles. The molecule has 20 heavy (non-hydrogen) atoms. The van der Waals surface area contributed by atoms with Crippen LogP contribution in [0.2, 0.25) is 5.02 Å². The molecule has 0 aliphatic heterocycles. The molecule has 0 radical (unpaired) electrons. The van der Waals surface area contributed by atoms with Crippen LogP contribution in [-0.4, -0.2) is 49.0 Å². The van der Waals surface area contributed by atoms with Crippen molar-refractivity contribution >= 4 is 33.4 Å². The molecule has 0 bridgehead atoms. The normalized spacial score (nSPS) is 12.0. The van der Waals surface area contributed by atoms with E-state index in [1.165, 1.54) is 0 Å². The predicted molar refractivity (Wildman–Crippen MR) is 83.8 cm³/mol.